The standard InChI is InChI=1S/C7H14ClO5P/c1-7(2)11-4-6(13-7)5-12-14(8,9)10-3/h6H,4-5H2,1-3H3/t6-,14+/m0/s1. The maximum absolute atomic E-state index is 11.1. The van der Waals surface area contributed by atoms with Crippen molar-refractivity contribution in [3.8, 4) is 0 Å². The fourth-order valence-corrected chi connectivity index (χ4v) is 1.69. The van der Waals surface area contributed by atoms with E-state index in [2.05, 4.69) is 4.52 Å². The molecule has 1 aliphatic heterocycles. The minimum Gasteiger partial charge on any atom is -0.348 e. The van der Waals surface area contributed by atoms with Gasteiger partial charge in [0.15, 0.2) is 5.79 Å². The summed E-state index contributed by atoms with van der Waals surface area (Å²) in [5.41, 5.74) is 0. The predicted molar refractivity (Wildman–Crippen MR) is 51.3 cm³/mol. The Bertz CT molecular complexity index is 244. The number of rotatable bonds is 4. The van der Waals surface area contributed by atoms with Crippen LogP contribution in [0.1, 0.15) is 13.8 Å². The third-order valence-electron chi connectivity index (χ3n) is 1.70. The van der Waals surface area contributed by atoms with E-state index in [4.69, 9.17) is 25.2 Å². The highest BCUT2D eigenvalue weighted by Crippen LogP contribution is 2.52. The molecule has 0 spiro atoms. The fourth-order valence-electron chi connectivity index (χ4n) is 1.07. The first-order valence-corrected chi connectivity index (χ1v) is 6.61. The lowest BCUT2D eigenvalue weighted by Crippen LogP contribution is -2.23. The van der Waals surface area contributed by atoms with Crippen LogP contribution in [0.2, 0.25) is 0 Å². The predicted octanol–water partition coefficient (Wildman–Crippen LogP) is 2.15. The first-order valence-electron chi connectivity index (χ1n) is 4.16. The zero-order valence-electron chi connectivity index (χ0n) is 8.36. The highest BCUT2D eigenvalue weighted by Gasteiger charge is 2.34. The SMILES string of the molecule is CO[P@](=O)(Cl)OC[C@@H]1COC(C)(C)O1. The molecule has 0 radical (unpaired) electrons. The molecule has 7 heteroatoms. The van der Waals surface area contributed by atoms with Gasteiger partial charge in [-0.25, -0.2) is 4.57 Å². The van der Waals surface area contributed by atoms with E-state index < -0.39 is 12.7 Å². The van der Waals surface area contributed by atoms with E-state index in [-0.39, 0.29) is 12.7 Å². The third-order valence-corrected chi connectivity index (χ3v) is 3.30. The van der Waals surface area contributed by atoms with Crippen LogP contribution in [0.25, 0.3) is 0 Å². The Hall–Kier alpha value is 0.360. The third kappa shape index (κ3) is 3.85. The molecule has 1 heterocycles. The van der Waals surface area contributed by atoms with Crippen LogP contribution < -0.4 is 0 Å². The molecule has 5 nitrogen and oxygen atoms in total. The molecule has 1 rings (SSSR count). The monoisotopic (exact) mass is 244 g/mol. The second-order valence-corrected chi connectivity index (χ2v) is 6.09. The Morgan fingerprint density at radius 3 is 2.71 bits per heavy atom. The maximum Gasteiger partial charge on any atom is 0.424 e. The Morgan fingerprint density at radius 2 is 2.29 bits per heavy atom. The van der Waals surface area contributed by atoms with Crippen LogP contribution in [-0.2, 0) is 23.1 Å². The van der Waals surface area contributed by atoms with E-state index in [1.54, 1.807) is 13.8 Å². The average Bonchev–Trinajstić information content (AvgIpc) is 2.43. The van der Waals surface area contributed by atoms with Crippen LogP contribution >= 0.6 is 18.2 Å². The lowest BCUT2D eigenvalue weighted by Gasteiger charge is -2.17. The van der Waals surface area contributed by atoms with Gasteiger partial charge in [0.05, 0.1) is 13.2 Å². The zero-order chi connectivity index (χ0) is 10.8. The molecule has 0 aromatic carbocycles. The van der Waals surface area contributed by atoms with Gasteiger partial charge < -0.3 is 14.0 Å². The van der Waals surface area contributed by atoms with Crippen molar-refractivity contribution in [2.24, 2.45) is 0 Å². The molecule has 0 bridgehead atoms. The van der Waals surface area contributed by atoms with E-state index in [0.29, 0.717) is 6.61 Å². The molecule has 14 heavy (non-hydrogen) atoms. The fraction of sp³-hybridized carbons (Fsp3) is 1.00. The summed E-state index contributed by atoms with van der Waals surface area (Å²) in [6, 6.07) is 0. The van der Waals surface area contributed by atoms with Crippen molar-refractivity contribution >= 4 is 18.2 Å². The van der Waals surface area contributed by atoms with Crippen LogP contribution in [0.4, 0.5) is 0 Å². The quantitative estimate of drug-likeness (QED) is 0.709. The second kappa shape index (κ2) is 4.47. The van der Waals surface area contributed by atoms with E-state index in [0.717, 1.165) is 0 Å². The van der Waals surface area contributed by atoms with E-state index in [1.165, 1.54) is 7.11 Å². The molecular formula is C7H14ClO5P. The van der Waals surface area contributed by atoms with Crippen molar-refractivity contribution in [3.63, 3.8) is 0 Å². The highest BCUT2D eigenvalue weighted by atomic mass is 35.7. The summed E-state index contributed by atoms with van der Waals surface area (Å²) in [7, 11) is 1.23. The van der Waals surface area contributed by atoms with Gasteiger partial charge in [0.25, 0.3) is 0 Å². The van der Waals surface area contributed by atoms with Crippen LogP contribution in [0, 0.1) is 0 Å². The Labute approximate surface area is 87.9 Å². The van der Waals surface area contributed by atoms with Crippen molar-refractivity contribution in [3.05, 3.63) is 0 Å². The molecule has 0 saturated carbocycles. The average molecular weight is 245 g/mol. The van der Waals surface area contributed by atoms with Gasteiger partial charge in [-0.15, -0.1) is 0 Å². The first-order chi connectivity index (χ1) is 6.35. The van der Waals surface area contributed by atoms with Gasteiger partial charge in [0, 0.05) is 18.4 Å². The van der Waals surface area contributed by atoms with Crippen LogP contribution in [-0.4, -0.2) is 32.2 Å². The summed E-state index contributed by atoms with van der Waals surface area (Å²) in [6.45, 7) is 0.651. The molecule has 1 aliphatic rings. The Morgan fingerprint density at radius 1 is 1.64 bits per heavy atom. The largest absolute Gasteiger partial charge is 0.424 e. The second-order valence-electron chi connectivity index (χ2n) is 3.36. The number of halogens is 1. The van der Waals surface area contributed by atoms with Crippen LogP contribution in [0.5, 0.6) is 0 Å². The van der Waals surface area contributed by atoms with Crippen LogP contribution in [0.15, 0.2) is 0 Å². The van der Waals surface area contributed by atoms with Gasteiger partial charge in [-0.1, -0.05) is 0 Å². The molecule has 0 amide bonds. The molecular weight excluding hydrogens is 230 g/mol. The molecule has 84 valence electrons. The first kappa shape index (κ1) is 12.4. The molecule has 1 fully saturated rings. The number of ether oxygens (including phenoxy) is 2. The minimum absolute atomic E-state index is 0.0953. The highest BCUT2D eigenvalue weighted by molar-refractivity contribution is 7.81. The van der Waals surface area contributed by atoms with Crippen molar-refractivity contribution in [2.45, 2.75) is 25.7 Å². The summed E-state index contributed by atoms with van der Waals surface area (Å²) >= 11 is 5.38. The van der Waals surface area contributed by atoms with E-state index in [1.807, 2.05) is 0 Å². The molecule has 0 N–H and O–H groups in total. The van der Waals surface area contributed by atoms with Crippen molar-refractivity contribution in [1.29, 1.82) is 0 Å². The van der Waals surface area contributed by atoms with Gasteiger partial charge in [0.2, 0.25) is 0 Å². The topological polar surface area (TPSA) is 54.0 Å². The van der Waals surface area contributed by atoms with Crippen molar-refractivity contribution < 1.29 is 23.1 Å². The molecule has 0 aliphatic carbocycles. The molecule has 2 atom stereocenters. The van der Waals surface area contributed by atoms with Crippen molar-refractivity contribution in [2.75, 3.05) is 20.3 Å². The molecule has 0 aromatic rings. The lowest BCUT2D eigenvalue weighted by atomic mass is 10.4. The number of hydrogen-bond donors (Lipinski definition) is 0. The lowest BCUT2D eigenvalue weighted by molar-refractivity contribution is -0.141. The van der Waals surface area contributed by atoms with Crippen molar-refractivity contribution in [1.82, 2.24) is 0 Å². The van der Waals surface area contributed by atoms with Crippen LogP contribution in [0.3, 0.4) is 0 Å². The molecule has 1 saturated heterocycles. The summed E-state index contributed by atoms with van der Waals surface area (Å²) in [5, 5.41) is 0. The summed E-state index contributed by atoms with van der Waals surface area (Å²) in [6.07, 6.45) is -0.257. The summed E-state index contributed by atoms with van der Waals surface area (Å²) in [4.78, 5) is 0. The smallest absolute Gasteiger partial charge is 0.348 e. The van der Waals surface area contributed by atoms with Gasteiger partial charge in [-0.2, -0.15) is 0 Å². The van der Waals surface area contributed by atoms with Gasteiger partial charge >= 0.3 is 6.95 Å². The van der Waals surface area contributed by atoms with Gasteiger partial charge in [0.1, 0.15) is 6.10 Å². The van der Waals surface area contributed by atoms with E-state index >= 15 is 0 Å². The summed E-state index contributed by atoms with van der Waals surface area (Å²) in [5.74, 6) is -0.614. The number of hydrogen-bond acceptors (Lipinski definition) is 5. The minimum atomic E-state index is -3.43. The molecule has 0 unspecified atom stereocenters. The normalized spacial score (nSPS) is 30.1. The van der Waals surface area contributed by atoms with E-state index in [9.17, 15) is 4.57 Å². The zero-order valence-corrected chi connectivity index (χ0v) is 10.0. The van der Waals surface area contributed by atoms with Gasteiger partial charge in [-0.3, -0.25) is 4.52 Å². The molecule has 0 aromatic heterocycles. The summed E-state index contributed by atoms with van der Waals surface area (Å²) < 4.78 is 31.1. The Kier molecular flexibility index (Phi) is 3.97. The Balaban J connectivity index is 2.31. The van der Waals surface area contributed by atoms with Gasteiger partial charge in [-0.05, 0) is 13.8 Å². The maximum atomic E-state index is 11.1.